The quantitative estimate of drug-likeness (QED) is 0.318. The van der Waals surface area contributed by atoms with Crippen LogP contribution in [0.1, 0.15) is 53.7 Å². The number of rotatable bonds is 5. The number of aromatic nitrogens is 1. The van der Waals surface area contributed by atoms with E-state index in [4.69, 9.17) is 4.74 Å². The van der Waals surface area contributed by atoms with E-state index in [1.54, 1.807) is 18.2 Å². The summed E-state index contributed by atoms with van der Waals surface area (Å²) in [6.07, 6.45) is 5.22. The lowest BCUT2D eigenvalue weighted by atomic mass is 9.63. The molecular formula is C29H28N2O3. The van der Waals surface area contributed by atoms with Gasteiger partial charge in [0.25, 0.3) is 0 Å². The largest absolute Gasteiger partial charge is 0.439 e. The minimum atomic E-state index is -0.687. The maximum absolute atomic E-state index is 13.1. The van der Waals surface area contributed by atoms with Gasteiger partial charge in [-0.15, -0.1) is 0 Å². The Morgan fingerprint density at radius 3 is 2.50 bits per heavy atom. The maximum Gasteiger partial charge on any atom is 0.339 e. The molecule has 5 heteroatoms. The number of nitrogens with one attached hydrogen (secondary N) is 2. The van der Waals surface area contributed by atoms with E-state index in [2.05, 4.69) is 36.3 Å². The van der Waals surface area contributed by atoms with Crippen molar-refractivity contribution in [1.29, 1.82) is 0 Å². The number of allylic oxidation sites excluding steroid dienone is 2. The number of hydrogen-bond acceptors (Lipinski definition) is 4. The molecule has 0 aliphatic heterocycles. The molecule has 3 aromatic rings. The minimum Gasteiger partial charge on any atom is -0.439 e. The van der Waals surface area contributed by atoms with E-state index in [0.29, 0.717) is 12.0 Å². The molecule has 5 rings (SSSR count). The molecule has 172 valence electrons. The molecule has 0 fully saturated rings. The van der Waals surface area contributed by atoms with Crippen molar-refractivity contribution in [2.24, 2.45) is 5.92 Å². The Hall–Kier alpha value is -3.70. The molecule has 2 aliphatic rings. The molecule has 34 heavy (non-hydrogen) atoms. The van der Waals surface area contributed by atoms with Crippen molar-refractivity contribution in [2.75, 3.05) is 0 Å². The van der Waals surface area contributed by atoms with Crippen LogP contribution in [0.25, 0.3) is 0 Å². The minimum absolute atomic E-state index is 0.105. The standard InChI is InChI=1S/C29H28N2O3/c1-3-23-22-16-19(2)18-29(23,24-14-15-26(32)30-25(24)17-22)31-27(20-10-6-4-7-11-20)34-28(33)21-12-8-5-9-13-21/h3-16,22,27,31H,17-18H2,1-2H3,(H,30,32)/b23-3+. The number of benzene rings is 2. The lowest BCUT2D eigenvalue weighted by molar-refractivity contribution is 0.0102. The second-order valence-electron chi connectivity index (χ2n) is 9.07. The predicted molar refractivity (Wildman–Crippen MR) is 132 cm³/mol. The molecule has 3 unspecified atom stereocenters. The van der Waals surface area contributed by atoms with Crippen LogP contribution in [-0.2, 0) is 16.7 Å². The van der Waals surface area contributed by atoms with Crippen molar-refractivity contribution in [1.82, 2.24) is 10.3 Å². The summed E-state index contributed by atoms with van der Waals surface area (Å²) in [5.41, 5.74) is 5.10. The first kappa shape index (κ1) is 22.1. The zero-order chi connectivity index (χ0) is 23.7. The molecule has 1 heterocycles. The van der Waals surface area contributed by atoms with E-state index in [1.165, 1.54) is 11.1 Å². The SMILES string of the molecule is C/C=C1\C2C=C(C)CC1(NC(OC(=O)c1ccccc1)c1ccccc1)c1ccc(=O)[nH]c1C2. The molecule has 2 bridgehead atoms. The number of pyridine rings is 1. The van der Waals surface area contributed by atoms with Crippen molar-refractivity contribution in [2.45, 2.75) is 38.5 Å². The second kappa shape index (κ2) is 8.92. The van der Waals surface area contributed by atoms with Gasteiger partial charge in [-0.25, -0.2) is 4.79 Å². The van der Waals surface area contributed by atoms with Crippen molar-refractivity contribution >= 4 is 5.97 Å². The number of H-pyrrole nitrogens is 1. The fourth-order valence-corrected chi connectivity index (χ4v) is 5.50. The van der Waals surface area contributed by atoms with Crippen molar-refractivity contribution in [3.05, 3.63) is 129 Å². The highest BCUT2D eigenvalue weighted by Crippen LogP contribution is 2.50. The second-order valence-corrected chi connectivity index (χ2v) is 9.07. The van der Waals surface area contributed by atoms with Crippen LogP contribution in [0, 0.1) is 5.92 Å². The summed E-state index contributed by atoms with van der Waals surface area (Å²) in [7, 11) is 0. The van der Waals surface area contributed by atoms with Crippen LogP contribution < -0.4 is 10.9 Å². The number of ether oxygens (including phenoxy) is 1. The molecule has 0 spiro atoms. The third-order valence-corrected chi connectivity index (χ3v) is 6.83. The lowest BCUT2D eigenvalue weighted by Crippen LogP contribution is -2.53. The number of fused-ring (bicyclic) bond motifs is 4. The monoisotopic (exact) mass is 452 g/mol. The van der Waals surface area contributed by atoms with Crippen molar-refractivity contribution < 1.29 is 9.53 Å². The van der Waals surface area contributed by atoms with Crippen LogP contribution in [0.15, 0.2) is 101 Å². The molecule has 0 amide bonds. The number of carbonyl (C=O) groups is 1. The number of hydrogen-bond donors (Lipinski definition) is 2. The zero-order valence-corrected chi connectivity index (χ0v) is 19.4. The van der Waals surface area contributed by atoms with Crippen molar-refractivity contribution in [3.8, 4) is 0 Å². The summed E-state index contributed by atoms with van der Waals surface area (Å²) in [4.78, 5) is 28.3. The van der Waals surface area contributed by atoms with E-state index in [-0.39, 0.29) is 11.5 Å². The Balaban J connectivity index is 1.62. The summed E-state index contributed by atoms with van der Waals surface area (Å²) in [5.74, 6) is -0.226. The normalized spacial score (nSPS) is 23.1. The van der Waals surface area contributed by atoms with Crippen LogP contribution in [0.4, 0.5) is 0 Å². The maximum atomic E-state index is 13.1. The molecule has 2 aromatic carbocycles. The summed E-state index contributed by atoms with van der Waals surface area (Å²) in [6, 6.07) is 22.3. The molecule has 2 N–H and O–H groups in total. The predicted octanol–water partition coefficient (Wildman–Crippen LogP) is 5.18. The highest BCUT2D eigenvalue weighted by atomic mass is 16.6. The van der Waals surface area contributed by atoms with Gasteiger partial charge < -0.3 is 9.72 Å². The van der Waals surface area contributed by atoms with Gasteiger partial charge in [0, 0.05) is 23.2 Å². The van der Waals surface area contributed by atoms with E-state index in [1.807, 2.05) is 54.6 Å². The summed E-state index contributed by atoms with van der Waals surface area (Å²) in [5, 5.41) is 3.75. The average Bonchev–Trinajstić information content (AvgIpc) is 2.84. The summed E-state index contributed by atoms with van der Waals surface area (Å²) in [6.45, 7) is 4.19. The Bertz CT molecular complexity index is 1320. The van der Waals surface area contributed by atoms with Gasteiger partial charge in [-0.2, -0.15) is 0 Å². The van der Waals surface area contributed by atoms with Gasteiger partial charge in [-0.1, -0.05) is 66.3 Å². The van der Waals surface area contributed by atoms with Gasteiger partial charge >= 0.3 is 5.97 Å². The first-order valence-corrected chi connectivity index (χ1v) is 11.7. The lowest BCUT2D eigenvalue weighted by Gasteiger charge is -2.49. The molecule has 1 aromatic heterocycles. The third kappa shape index (κ3) is 3.93. The topological polar surface area (TPSA) is 71.2 Å². The van der Waals surface area contributed by atoms with E-state index < -0.39 is 17.7 Å². The van der Waals surface area contributed by atoms with Gasteiger partial charge in [-0.05, 0) is 56.0 Å². The summed E-state index contributed by atoms with van der Waals surface area (Å²) >= 11 is 0. The smallest absolute Gasteiger partial charge is 0.339 e. The van der Waals surface area contributed by atoms with E-state index >= 15 is 0 Å². The van der Waals surface area contributed by atoms with E-state index in [9.17, 15) is 9.59 Å². The highest BCUT2D eigenvalue weighted by molar-refractivity contribution is 5.89. The molecule has 3 atom stereocenters. The molecule has 0 radical (unpaired) electrons. The number of aromatic amines is 1. The summed E-state index contributed by atoms with van der Waals surface area (Å²) < 4.78 is 6.11. The Morgan fingerprint density at radius 2 is 1.79 bits per heavy atom. The van der Waals surface area contributed by atoms with Gasteiger partial charge in [0.2, 0.25) is 5.56 Å². The number of esters is 1. The van der Waals surface area contributed by atoms with Gasteiger partial charge in [-0.3, -0.25) is 10.1 Å². The van der Waals surface area contributed by atoms with Gasteiger partial charge in [0.15, 0.2) is 6.23 Å². The fraction of sp³-hybridized carbons (Fsp3) is 0.241. The van der Waals surface area contributed by atoms with E-state index in [0.717, 1.165) is 23.2 Å². The van der Waals surface area contributed by atoms with Gasteiger partial charge in [0.05, 0.1) is 11.1 Å². The molecule has 0 saturated heterocycles. The van der Waals surface area contributed by atoms with Crippen LogP contribution in [0.3, 0.4) is 0 Å². The average molecular weight is 453 g/mol. The molecule has 0 saturated carbocycles. The van der Waals surface area contributed by atoms with Crippen LogP contribution in [-0.4, -0.2) is 11.0 Å². The first-order chi connectivity index (χ1) is 16.5. The van der Waals surface area contributed by atoms with Crippen molar-refractivity contribution in [3.63, 3.8) is 0 Å². The van der Waals surface area contributed by atoms with Crippen LogP contribution in [0.5, 0.6) is 0 Å². The third-order valence-electron chi connectivity index (χ3n) is 6.83. The molecular weight excluding hydrogens is 424 g/mol. The fourth-order valence-electron chi connectivity index (χ4n) is 5.50. The van der Waals surface area contributed by atoms with Gasteiger partial charge in [0.1, 0.15) is 0 Å². The molecule has 2 aliphatic carbocycles. The zero-order valence-electron chi connectivity index (χ0n) is 19.4. The highest BCUT2D eigenvalue weighted by Gasteiger charge is 2.48. The van der Waals surface area contributed by atoms with Crippen LogP contribution >= 0.6 is 0 Å². The Labute approximate surface area is 199 Å². The Morgan fingerprint density at radius 1 is 1.09 bits per heavy atom. The van der Waals surface area contributed by atoms with Crippen LogP contribution in [0.2, 0.25) is 0 Å². The first-order valence-electron chi connectivity index (χ1n) is 11.7. The molecule has 5 nitrogen and oxygen atoms in total. The Kier molecular flexibility index (Phi) is 5.80. The number of carbonyl (C=O) groups excluding carboxylic acids is 1.